The Bertz CT molecular complexity index is 532. The van der Waals surface area contributed by atoms with Crippen LogP contribution >= 0.6 is 0 Å². The van der Waals surface area contributed by atoms with Gasteiger partial charge in [-0.25, -0.2) is 0 Å². The molecule has 0 aromatic heterocycles. The fraction of sp³-hybridized carbons (Fsp3) is 0.591. The van der Waals surface area contributed by atoms with E-state index in [1.54, 1.807) is 4.44 Å². The van der Waals surface area contributed by atoms with Gasteiger partial charge in [0, 0.05) is 0 Å². The molecule has 25 heavy (non-hydrogen) atoms. The second-order valence-electron chi connectivity index (χ2n) is 6.47. The van der Waals surface area contributed by atoms with Crippen molar-refractivity contribution in [3.8, 4) is 0 Å². The summed E-state index contributed by atoms with van der Waals surface area (Å²) < 4.78 is 6.71. The first-order chi connectivity index (χ1) is 12.1. The Morgan fingerprint density at radius 1 is 1.16 bits per heavy atom. The van der Waals surface area contributed by atoms with Crippen molar-refractivity contribution in [1.82, 2.24) is 0 Å². The van der Waals surface area contributed by atoms with Gasteiger partial charge in [0.1, 0.15) is 0 Å². The molecular formula is C22H34CrO2. The van der Waals surface area contributed by atoms with Crippen molar-refractivity contribution < 1.29 is 24.8 Å². The van der Waals surface area contributed by atoms with Crippen LogP contribution in [0.1, 0.15) is 65.4 Å². The minimum atomic E-state index is -0.310. The second kappa shape index (κ2) is 11.6. The molecule has 1 atom stereocenters. The van der Waals surface area contributed by atoms with Crippen molar-refractivity contribution in [2.75, 3.05) is 7.11 Å². The molecule has 0 aliphatic heterocycles. The Morgan fingerprint density at radius 2 is 1.80 bits per heavy atom. The zero-order chi connectivity index (χ0) is 18.7. The number of hydrogen-bond acceptors (Lipinski definition) is 2. The van der Waals surface area contributed by atoms with E-state index in [-0.39, 0.29) is 11.4 Å². The van der Waals surface area contributed by atoms with Gasteiger partial charge in [0.15, 0.2) is 0 Å². The summed E-state index contributed by atoms with van der Waals surface area (Å²) in [6.45, 7) is 8.70. The van der Waals surface area contributed by atoms with Crippen LogP contribution in [0.3, 0.4) is 0 Å². The van der Waals surface area contributed by atoms with Gasteiger partial charge in [0.25, 0.3) is 0 Å². The molecule has 0 spiro atoms. The molecule has 0 heterocycles. The number of allylic oxidation sites excluding steroid dienone is 1. The molecular weight excluding hydrogens is 348 g/mol. The number of carbonyl (C=O) groups excluding carboxylic acids is 1. The maximum atomic E-state index is 12.5. The van der Waals surface area contributed by atoms with E-state index in [4.69, 9.17) is 4.74 Å². The van der Waals surface area contributed by atoms with Crippen LogP contribution in [0.4, 0.5) is 0 Å². The zero-order valence-electron chi connectivity index (χ0n) is 16.5. The molecule has 1 rings (SSSR count). The molecule has 0 amide bonds. The first-order valence-electron chi connectivity index (χ1n) is 9.54. The molecule has 140 valence electrons. The third kappa shape index (κ3) is 6.01. The van der Waals surface area contributed by atoms with Crippen LogP contribution in [-0.4, -0.2) is 13.1 Å². The van der Waals surface area contributed by atoms with Crippen LogP contribution in [-0.2, 0) is 24.8 Å². The monoisotopic (exact) mass is 382 g/mol. The van der Waals surface area contributed by atoms with E-state index < -0.39 is 0 Å². The second-order valence-corrected chi connectivity index (χ2v) is 8.38. The maximum absolute atomic E-state index is 12.5. The fourth-order valence-corrected chi connectivity index (χ4v) is 5.37. The van der Waals surface area contributed by atoms with Crippen LogP contribution in [0.2, 0.25) is 5.28 Å². The van der Waals surface area contributed by atoms with E-state index in [1.807, 2.05) is 0 Å². The fourth-order valence-electron chi connectivity index (χ4n) is 3.67. The Labute approximate surface area is 160 Å². The molecule has 0 radical (unpaired) electrons. The third-order valence-corrected chi connectivity index (χ3v) is 7.26. The summed E-state index contributed by atoms with van der Waals surface area (Å²) in [7, 11) is 1.52. The van der Waals surface area contributed by atoms with Crippen LogP contribution in [0.5, 0.6) is 0 Å². The van der Waals surface area contributed by atoms with Crippen molar-refractivity contribution in [3.63, 3.8) is 0 Å². The van der Waals surface area contributed by atoms with Crippen molar-refractivity contribution in [2.45, 2.75) is 65.1 Å². The molecule has 2 nitrogen and oxygen atoms in total. The van der Waals surface area contributed by atoms with Gasteiger partial charge in [-0.1, -0.05) is 0 Å². The normalized spacial score (nSPS) is 13.6. The van der Waals surface area contributed by atoms with E-state index in [0.717, 1.165) is 32.1 Å². The predicted octanol–water partition coefficient (Wildman–Crippen LogP) is 6.33. The molecule has 0 bridgehead atoms. The summed E-state index contributed by atoms with van der Waals surface area (Å²) in [5, 5.41) is 1.19. The molecule has 0 saturated heterocycles. The van der Waals surface area contributed by atoms with E-state index in [2.05, 4.69) is 64.1 Å². The van der Waals surface area contributed by atoms with Crippen LogP contribution in [0.25, 0.3) is 6.08 Å². The van der Waals surface area contributed by atoms with Gasteiger partial charge in [-0.3, -0.25) is 0 Å². The van der Waals surface area contributed by atoms with E-state index in [0.29, 0.717) is 21.1 Å². The van der Waals surface area contributed by atoms with Crippen molar-refractivity contribution >= 4 is 12.0 Å². The van der Waals surface area contributed by atoms with Crippen LogP contribution < -0.4 is 0 Å². The van der Waals surface area contributed by atoms with Crippen molar-refractivity contribution in [1.29, 1.82) is 0 Å². The molecule has 0 N–H and O–H groups in total. The van der Waals surface area contributed by atoms with Crippen LogP contribution in [0, 0.1) is 11.3 Å². The third-order valence-electron chi connectivity index (χ3n) is 5.36. The SMILES string of the molecule is CC[C](=Cc1ccccc1)[Cr][CH2]CC(CC)C(CC)(CC)C(=O)OC. The summed E-state index contributed by atoms with van der Waals surface area (Å²) in [4.78, 5) is 12.5. The van der Waals surface area contributed by atoms with Gasteiger partial charge in [0.2, 0.25) is 0 Å². The quantitative estimate of drug-likeness (QED) is 0.418. The first kappa shape index (κ1) is 22.0. The Kier molecular flexibility index (Phi) is 10.2. The summed E-state index contributed by atoms with van der Waals surface area (Å²) in [5.74, 6) is 0.388. The molecule has 1 aromatic carbocycles. The van der Waals surface area contributed by atoms with Crippen molar-refractivity contribution in [2.24, 2.45) is 11.3 Å². The topological polar surface area (TPSA) is 26.3 Å². The molecule has 3 heteroatoms. The number of hydrogen-bond donors (Lipinski definition) is 0. The molecule has 0 aliphatic rings. The van der Waals surface area contributed by atoms with Crippen LogP contribution in [0.15, 0.2) is 34.8 Å². The predicted molar refractivity (Wildman–Crippen MR) is 103 cm³/mol. The average molecular weight is 383 g/mol. The van der Waals surface area contributed by atoms with Gasteiger partial charge in [0.05, 0.1) is 0 Å². The van der Waals surface area contributed by atoms with Gasteiger partial charge in [-0.2, -0.15) is 0 Å². The number of benzene rings is 1. The van der Waals surface area contributed by atoms with Gasteiger partial charge in [-0.05, 0) is 0 Å². The number of methoxy groups -OCH3 is 1. The molecule has 1 unspecified atom stereocenters. The number of ether oxygens (including phenoxy) is 1. The van der Waals surface area contributed by atoms with Gasteiger partial charge < -0.3 is 0 Å². The molecule has 0 saturated carbocycles. The Morgan fingerprint density at radius 3 is 2.28 bits per heavy atom. The van der Waals surface area contributed by atoms with Gasteiger partial charge in [-0.15, -0.1) is 0 Å². The average Bonchev–Trinajstić information content (AvgIpc) is 2.67. The Hall–Kier alpha value is -1.04. The molecule has 0 fully saturated rings. The summed E-state index contributed by atoms with van der Waals surface area (Å²) in [6.07, 6.45) is 7.32. The minimum absolute atomic E-state index is 0.0209. The van der Waals surface area contributed by atoms with Crippen molar-refractivity contribution in [3.05, 3.63) is 40.3 Å². The van der Waals surface area contributed by atoms with E-state index >= 15 is 0 Å². The number of rotatable bonds is 11. The summed E-state index contributed by atoms with van der Waals surface area (Å²) in [5.41, 5.74) is 0.981. The molecule has 0 aliphatic carbocycles. The standard InChI is InChI=1S/C12H23O2.C10H11.Cr/c1-6-10(7-2)12(8-3,9-4)11(13)14-5;1-2-3-7-10-8-5-4-6-9-10;/h10H,1,6-9H2,2-5H3;4-9H,2H2,1H3;. The summed E-state index contributed by atoms with van der Waals surface area (Å²) in [6, 6.07) is 10.6. The molecule has 1 aromatic rings. The Balaban J connectivity index is 2.75. The van der Waals surface area contributed by atoms with E-state index in [9.17, 15) is 4.79 Å². The first-order valence-corrected chi connectivity index (χ1v) is 11.1. The van der Waals surface area contributed by atoms with E-state index in [1.165, 1.54) is 18.0 Å². The zero-order valence-corrected chi connectivity index (χ0v) is 17.8. The number of carbonyl (C=O) groups is 1. The van der Waals surface area contributed by atoms with Gasteiger partial charge >= 0.3 is 161 Å². The number of esters is 1. The summed E-state index contributed by atoms with van der Waals surface area (Å²) >= 11 is 0.487.